The summed E-state index contributed by atoms with van der Waals surface area (Å²) in [6.45, 7) is 8.71. The monoisotopic (exact) mass is 298 g/mol. The zero-order valence-electron chi connectivity index (χ0n) is 13.9. The smallest absolute Gasteiger partial charge is 0.303 e. The van der Waals surface area contributed by atoms with Gasteiger partial charge in [0.2, 0.25) is 0 Å². The number of hydrogen-bond donors (Lipinski definition) is 2. The normalized spacial score (nSPS) is 29.0. The minimum atomic E-state index is -1.03. The highest BCUT2D eigenvalue weighted by atomic mass is 16.6. The topological polar surface area (TPSA) is 66.8 Å². The summed E-state index contributed by atoms with van der Waals surface area (Å²) >= 11 is 0. The predicted molar refractivity (Wildman–Crippen MR) is 82.7 cm³/mol. The molecule has 0 spiro atoms. The van der Waals surface area contributed by atoms with Crippen LogP contribution in [-0.4, -0.2) is 33.5 Å². The minimum absolute atomic E-state index is 0.358. The fraction of sp³-hybridized carbons (Fsp3) is 0.824. The van der Waals surface area contributed by atoms with Crippen LogP contribution in [-0.2, 0) is 9.53 Å². The summed E-state index contributed by atoms with van der Waals surface area (Å²) in [6.07, 6.45) is 6.76. The fourth-order valence-electron chi connectivity index (χ4n) is 2.83. The molecule has 21 heavy (non-hydrogen) atoms. The third-order valence-electron chi connectivity index (χ3n) is 4.40. The first-order valence-electron chi connectivity index (χ1n) is 7.82. The Morgan fingerprint density at radius 1 is 1.48 bits per heavy atom. The van der Waals surface area contributed by atoms with Crippen LogP contribution in [0.3, 0.4) is 0 Å². The van der Waals surface area contributed by atoms with Gasteiger partial charge in [-0.05, 0) is 58.3 Å². The molecule has 0 radical (unpaired) electrons. The van der Waals surface area contributed by atoms with Crippen molar-refractivity contribution in [1.82, 2.24) is 0 Å². The van der Waals surface area contributed by atoms with Crippen molar-refractivity contribution in [1.29, 1.82) is 0 Å². The molecule has 122 valence electrons. The average molecular weight is 298 g/mol. The first-order chi connectivity index (χ1) is 9.51. The van der Waals surface area contributed by atoms with Crippen molar-refractivity contribution >= 4 is 5.97 Å². The minimum Gasteiger partial charge on any atom is -0.460 e. The molecule has 4 unspecified atom stereocenters. The summed E-state index contributed by atoms with van der Waals surface area (Å²) in [5.74, 6) is 0.506. The maximum absolute atomic E-state index is 11.1. The summed E-state index contributed by atoms with van der Waals surface area (Å²) < 4.78 is 5.24. The summed E-state index contributed by atoms with van der Waals surface area (Å²) in [5, 5.41) is 20.0. The molecule has 0 aliphatic heterocycles. The molecule has 0 saturated carbocycles. The van der Waals surface area contributed by atoms with Gasteiger partial charge in [0.1, 0.15) is 6.10 Å². The molecule has 1 aliphatic rings. The average Bonchev–Trinajstić information content (AvgIpc) is 2.32. The van der Waals surface area contributed by atoms with Crippen molar-refractivity contribution in [2.24, 2.45) is 11.8 Å². The van der Waals surface area contributed by atoms with Crippen LogP contribution in [0.1, 0.15) is 60.3 Å². The van der Waals surface area contributed by atoms with Gasteiger partial charge in [-0.3, -0.25) is 4.79 Å². The SMILES string of the molecule is CC(=O)OC(CCC(C)C1C=CC(C)(O)CC1)C(C)(C)O. The Balaban J connectivity index is 2.54. The highest BCUT2D eigenvalue weighted by Crippen LogP contribution is 2.33. The van der Waals surface area contributed by atoms with Crippen LogP contribution in [0, 0.1) is 11.8 Å². The predicted octanol–water partition coefficient (Wildman–Crippen LogP) is 2.82. The Kier molecular flexibility index (Phi) is 6.00. The van der Waals surface area contributed by atoms with Crippen LogP contribution in [0.15, 0.2) is 12.2 Å². The molecule has 0 heterocycles. The lowest BCUT2D eigenvalue weighted by molar-refractivity contribution is -0.160. The number of hydrogen-bond acceptors (Lipinski definition) is 4. The van der Waals surface area contributed by atoms with Crippen LogP contribution < -0.4 is 0 Å². The molecule has 0 fully saturated rings. The third kappa shape index (κ3) is 6.18. The molecule has 0 amide bonds. The second-order valence-corrected chi connectivity index (χ2v) is 7.23. The summed E-state index contributed by atoms with van der Waals surface area (Å²) in [5.41, 5.74) is -1.71. The number of carbonyl (C=O) groups excluding carboxylic acids is 1. The standard InChI is InChI=1S/C17H30O4/c1-12(14-8-10-17(5,20)11-9-14)6-7-15(16(3,4)19)21-13(2)18/h8,10,12,14-15,19-20H,6-7,9,11H2,1-5H3. The molecule has 2 N–H and O–H groups in total. The van der Waals surface area contributed by atoms with E-state index in [4.69, 9.17) is 4.74 Å². The Labute approximate surface area is 128 Å². The fourth-order valence-corrected chi connectivity index (χ4v) is 2.83. The quantitative estimate of drug-likeness (QED) is 0.584. The summed E-state index contributed by atoms with van der Waals surface area (Å²) in [7, 11) is 0. The van der Waals surface area contributed by atoms with Crippen LogP contribution in [0.2, 0.25) is 0 Å². The van der Waals surface area contributed by atoms with Gasteiger partial charge in [-0.2, -0.15) is 0 Å². The van der Waals surface area contributed by atoms with Gasteiger partial charge in [0, 0.05) is 6.92 Å². The number of esters is 1. The maximum Gasteiger partial charge on any atom is 0.303 e. The van der Waals surface area contributed by atoms with Crippen molar-refractivity contribution in [3.63, 3.8) is 0 Å². The van der Waals surface area contributed by atoms with Crippen molar-refractivity contribution in [2.45, 2.75) is 77.6 Å². The second kappa shape index (κ2) is 6.93. The molecule has 0 aromatic carbocycles. The number of ether oxygens (including phenoxy) is 1. The van der Waals surface area contributed by atoms with Crippen LogP contribution in [0.25, 0.3) is 0 Å². The van der Waals surface area contributed by atoms with Crippen molar-refractivity contribution < 1.29 is 19.7 Å². The van der Waals surface area contributed by atoms with Gasteiger partial charge >= 0.3 is 5.97 Å². The van der Waals surface area contributed by atoms with Gasteiger partial charge in [-0.1, -0.05) is 19.1 Å². The lowest BCUT2D eigenvalue weighted by atomic mass is 9.78. The van der Waals surface area contributed by atoms with E-state index >= 15 is 0 Å². The lowest BCUT2D eigenvalue weighted by Gasteiger charge is -2.33. The second-order valence-electron chi connectivity index (χ2n) is 7.23. The summed E-state index contributed by atoms with van der Waals surface area (Å²) in [6, 6.07) is 0. The Hall–Kier alpha value is -0.870. The molecule has 0 saturated heterocycles. The molecule has 4 atom stereocenters. The van der Waals surface area contributed by atoms with E-state index in [0.717, 1.165) is 19.3 Å². The first-order valence-corrected chi connectivity index (χ1v) is 7.82. The van der Waals surface area contributed by atoms with E-state index < -0.39 is 17.3 Å². The highest BCUT2D eigenvalue weighted by molar-refractivity contribution is 5.66. The van der Waals surface area contributed by atoms with E-state index in [1.807, 2.05) is 13.0 Å². The molecule has 0 aromatic heterocycles. The Morgan fingerprint density at radius 2 is 2.10 bits per heavy atom. The van der Waals surface area contributed by atoms with E-state index in [9.17, 15) is 15.0 Å². The van der Waals surface area contributed by atoms with E-state index in [0.29, 0.717) is 18.3 Å². The van der Waals surface area contributed by atoms with E-state index in [-0.39, 0.29) is 5.97 Å². The number of allylic oxidation sites excluding steroid dienone is 1. The van der Waals surface area contributed by atoms with Gasteiger partial charge < -0.3 is 14.9 Å². The molecule has 4 heteroatoms. The van der Waals surface area contributed by atoms with Crippen LogP contribution in [0.5, 0.6) is 0 Å². The maximum atomic E-state index is 11.1. The van der Waals surface area contributed by atoms with E-state index in [2.05, 4.69) is 13.0 Å². The highest BCUT2D eigenvalue weighted by Gasteiger charge is 2.31. The molecular formula is C17H30O4. The van der Waals surface area contributed by atoms with E-state index in [1.165, 1.54) is 6.92 Å². The Morgan fingerprint density at radius 3 is 2.52 bits per heavy atom. The van der Waals surface area contributed by atoms with Crippen molar-refractivity contribution in [3.8, 4) is 0 Å². The molecule has 4 nitrogen and oxygen atoms in total. The lowest BCUT2D eigenvalue weighted by Crippen LogP contribution is -2.39. The largest absolute Gasteiger partial charge is 0.460 e. The number of rotatable bonds is 6. The molecule has 0 bridgehead atoms. The van der Waals surface area contributed by atoms with E-state index in [1.54, 1.807) is 13.8 Å². The molecule has 1 aliphatic carbocycles. The Bertz CT molecular complexity index is 379. The number of carbonyl (C=O) groups is 1. The third-order valence-corrected chi connectivity index (χ3v) is 4.40. The molecule has 0 aromatic rings. The summed E-state index contributed by atoms with van der Waals surface area (Å²) in [4.78, 5) is 11.1. The van der Waals surface area contributed by atoms with Crippen LogP contribution in [0.4, 0.5) is 0 Å². The zero-order valence-corrected chi connectivity index (χ0v) is 13.9. The van der Waals surface area contributed by atoms with Crippen LogP contribution >= 0.6 is 0 Å². The van der Waals surface area contributed by atoms with Gasteiger partial charge in [0.15, 0.2) is 0 Å². The van der Waals surface area contributed by atoms with Gasteiger partial charge in [0.05, 0.1) is 11.2 Å². The zero-order chi connectivity index (χ0) is 16.3. The molecule has 1 rings (SSSR count). The van der Waals surface area contributed by atoms with Crippen molar-refractivity contribution in [3.05, 3.63) is 12.2 Å². The number of aliphatic hydroxyl groups is 2. The van der Waals surface area contributed by atoms with Crippen molar-refractivity contribution in [2.75, 3.05) is 0 Å². The first kappa shape index (κ1) is 18.2. The van der Waals surface area contributed by atoms with Gasteiger partial charge in [-0.15, -0.1) is 0 Å². The van der Waals surface area contributed by atoms with Gasteiger partial charge in [-0.25, -0.2) is 0 Å². The molecular weight excluding hydrogens is 268 g/mol. The van der Waals surface area contributed by atoms with Gasteiger partial charge in [0.25, 0.3) is 0 Å².